The fraction of sp³-hybridized carbons (Fsp3) is 0.389. The van der Waals surface area contributed by atoms with Crippen molar-refractivity contribution in [1.82, 2.24) is 9.97 Å². The van der Waals surface area contributed by atoms with E-state index in [1.807, 2.05) is 6.07 Å². The van der Waals surface area contributed by atoms with Crippen LogP contribution in [-0.2, 0) is 4.79 Å². The van der Waals surface area contributed by atoms with Crippen LogP contribution in [0.2, 0.25) is 5.02 Å². The number of rotatable bonds is 5. The molecule has 1 amide bonds. The zero-order valence-electron chi connectivity index (χ0n) is 14.4. The van der Waals surface area contributed by atoms with E-state index in [-0.39, 0.29) is 22.4 Å². The van der Waals surface area contributed by atoms with Gasteiger partial charge in [0.25, 0.3) is 0 Å². The molecular weight excluding hydrogens is 375 g/mol. The van der Waals surface area contributed by atoms with E-state index < -0.39 is 5.82 Å². The van der Waals surface area contributed by atoms with Crippen molar-refractivity contribution in [2.45, 2.75) is 24.8 Å². The molecule has 26 heavy (non-hydrogen) atoms. The Hall–Kier alpha value is -1.86. The summed E-state index contributed by atoms with van der Waals surface area (Å²) < 4.78 is 13.7. The summed E-state index contributed by atoms with van der Waals surface area (Å²) in [5.41, 5.74) is 0.116. The first-order valence-corrected chi connectivity index (χ1v) is 9.82. The molecule has 2 aromatic rings. The molecule has 138 valence electrons. The van der Waals surface area contributed by atoms with E-state index in [4.69, 9.17) is 11.6 Å². The maximum atomic E-state index is 13.7. The van der Waals surface area contributed by atoms with Crippen molar-refractivity contribution < 1.29 is 9.18 Å². The van der Waals surface area contributed by atoms with E-state index in [1.165, 1.54) is 42.7 Å². The molecule has 0 aliphatic carbocycles. The SMILES string of the molecule is C[C@H]1CCCN(c2cc(SCC(=O)Nc3ccc(Cl)cc3F)ncn2)C1. The van der Waals surface area contributed by atoms with Gasteiger partial charge in [-0.3, -0.25) is 4.79 Å². The molecule has 1 atom stereocenters. The van der Waals surface area contributed by atoms with Crippen molar-refractivity contribution in [3.63, 3.8) is 0 Å². The van der Waals surface area contributed by atoms with E-state index in [2.05, 4.69) is 27.1 Å². The van der Waals surface area contributed by atoms with Crippen molar-refractivity contribution in [2.24, 2.45) is 5.92 Å². The predicted octanol–water partition coefficient (Wildman–Crippen LogP) is 4.24. The van der Waals surface area contributed by atoms with Crippen molar-refractivity contribution in [1.29, 1.82) is 0 Å². The lowest BCUT2D eigenvalue weighted by Gasteiger charge is -2.31. The third-order valence-electron chi connectivity index (χ3n) is 4.16. The molecule has 0 radical (unpaired) electrons. The first-order valence-electron chi connectivity index (χ1n) is 8.46. The fourth-order valence-electron chi connectivity index (χ4n) is 2.90. The number of anilines is 2. The molecule has 1 aromatic heterocycles. The fourth-order valence-corrected chi connectivity index (χ4v) is 3.72. The average Bonchev–Trinajstić information content (AvgIpc) is 2.63. The number of hydrogen-bond acceptors (Lipinski definition) is 5. The lowest BCUT2D eigenvalue weighted by Crippen LogP contribution is -2.34. The Bertz CT molecular complexity index is 792. The van der Waals surface area contributed by atoms with Crippen molar-refractivity contribution in [3.05, 3.63) is 41.4 Å². The highest BCUT2D eigenvalue weighted by molar-refractivity contribution is 7.99. The highest BCUT2D eigenvalue weighted by atomic mass is 35.5. The number of piperidine rings is 1. The molecule has 0 bridgehead atoms. The highest BCUT2D eigenvalue weighted by Crippen LogP contribution is 2.25. The van der Waals surface area contributed by atoms with Crippen LogP contribution in [0.25, 0.3) is 0 Å². The summed E-state index contributed by atoms with van der Waals surface area (Å²) in [5.74, 6) is 0.810. The smallest absolute Gasteiger partial charge is 0.234 e. The molecule has 1 saturated heterocycles. The second-order valence-corrected chi connectivity index (χ2v) is 7.80. The van der Waals surface area contributed by atoms with Gasteiger partial charge in [-0.1, -0.05) is 30.3 Å². The molecule has 0 unspecified atom stereocenters. The second kappa shape index (κ2) is 8.68. The third kappa shape index (κ3) is 5.08. The Morgan fingerprint density at radius 3 is 3.04 bits per heavy atom. The summed E-state index contributed by atoms with van der Waals surface area (Å²) in [5, 5.41) is 3.55. The predicted molar refractivity (Wildman–Crippen MR) is 103 cm³/mol. The van der Waals surface area contributed by atoms with Crippen LogP contribution >= 0.6 is 23.4 Å². The summed E-state index contributed by atoms with van der Waals surface area (Å²) in [4.78, 5) is 22.9. The van der Waals surface area contributed by atoms with Gasteiger partial charge in [0, 0.05) is 24.2 Å². The highest BCUT2D eigenvalue weighted by Gasteiger charge is 2.18. The zero-order chi connectivity index (χ0) is 18.5. The Kier molecular flexibility index (Phi) is 6.32. The molecule has 2 heterocycles. The number of benzene rings is 1. The molecule has 1 aliphatic rings. The van der Waals surface area contributed by atoms with Gasteiger partial charge in [-0.05, 0) is 37.0 Å². The van der Waals surface area contributed by atoms with Gasteiger partial charge in [-0.15, -0.1) is 0 Å². The average molecular weight is 395 g/mol. The summed E-state index contributed by atoms with van der Waals surface area (Å²) in [6.45, 7) is 4.21. The molecule has 8 heteroatoms. The van der Waals surface area contributed by atoms with E-state index in [0.29, 0.717) is 5.92 Å². The molecule has 5 nitrogen and oxygen atoms in total. The number of nitrogens with zero attached hydrogens (tertiary/aromatic N) is 3. The lowest BCUT2D eigenvalue weighted by molar-refractivity contribution is -0.113. The maximum absolute atomic E-state index is 13.7. The minimum atomic E-state index is -0.556. The van der Waals surface area contributed by atoms with Gasteiger partial charge in [0.15, 0.2) is 0 Å². The van der Waals surface area contributed by atoms with Crippen LogP contribution in [-0.4, -0.2) is 34.7 Å². The molecule has 3 rings (SSSR count). The van der Waals surface area contributed by atoms with Crippen LogP contribution in [0, 0.1) is 11.7 Å². The number of halogens is 2. The van der Waals surface area contributed by atoms with Crippen molar-refractivity contribution in [3.8, 4) is 0 Å². The molecule has 0 saturated carbocycles. The van der Waals surface area contributed by atoms with E-state index in [1.54, 1.807) is 0 Å². The Morgan fingerprint density at radius 2 is 2.27 bits per heavy atom. The number of nitrogens with one attached hydrogen (secondary N) is 1. The number of thioether (sulfide) groups is 1. The summed E-state index contributed by atoms with van der Waals surface area (Å²) >= 11 is 7.00. The lowest BCUT2D eigenvalue weighted by atomic mass is 10.0. The molecule has 1 aliphatic heterocycles. The van der Waals surface area contributed by atoms with Crippen molar-refractivity contribution >= 4 is 40.8 Å². The number of hydrogen-bond donors (Lipinski definition) is 1. The van der Waals surface area contributed by atoms with Crippen LogP contribution in [0.15, 0.2) is 35.6 Å². The van der Waals surface area contributed by atoms with Crippen LogP contribution in [0.4, 0.5) is 15.9 Å². The van der Waals surface area contributed by atoms with Gasteiger partial charge in [-0.25, -0.2) is 14.4 Å². The minimum absolute atomic E-state index is 0.116. The molecule has 1 fully saturated rings. The first-order chi connectivity index (χ1) is 12.5. The van der Waals surface area contributed by atoms with Crippen LogP contribution in [0.5, 0.6) is 0 Å². The van der Waals surface area contributed by atoms with Gasteiger partial charge in [0.05, 0.1) is 11.4 Å². The first kappa shape index (κ1) is 18.9. The van der Waals surface area contributed by atoms with Gasteiger partial charge < -0.3 is 10.2 Å². The molecular formula is C18H20ClFN4OS. The summed E-state index contributed by atoms with van der Waals surface area (Å²) in [7, 11) is 0. The van der Waals surface area contributed by atoms with Gasteiger partial charge in [-0.2, -0.15) is 0 Å². The topological polar surface area (TPSA) is 58.1 Å². The van der Waals surface area contributed by atoms with Crippen molar-refractivity contribution in [2.75, 3.05) is 29.1 Å². The van der Waals surface area contributed by atoms with Crippen LogP contribution in [0.3, 0.4) is 0 Å². The van der Waals surface area contributed by atoms with E-state index in [0.717, 1.165) is 30.4 Å². The molecule has 1 N–H and O–H groups in total. The van der Waals surface area contributed by atoms with Crippen LogP contribution < -0.4 is 10.2 Å². The van der Waals surface area contributed by atoms with Crippen LogP contribution in [0.1, 0.15) is 19.8 Å². The molecule has 0 spiro atoms. The Labute approximate surface area is 161 Å². The minimum Gasteiger partial charge on any atom is -0.356 e. The second-order valence-electron chi connectivity index (χ2n) is 6.37. The maximum Gasteiger partial charge on any atom is 0.234 e. The number of aromatic nitrogens is 2. The standard InChI is InChI=1S/C18H20ClFN4OS/c1-12-3-2-6-24(9-12)16-8-18(22-11-21-16)26-10-17(25)23-15-5-4-13(19)7-14(15)20/h4-5,7-8,11-12H,2-3,6,9-10H2,1H3,(H,23,25)/t12-/m0/s1. The van der Waals surface area contributed by atoms with Gasteiger partial charge in [0.2, 0.25) is 5.91 Å². The third-order valence-corrected chi connectivity index (χ3v) is 5.33. The molecule has 1 aromatic carbocycles. The zero-order valence-corrected chi connectivity index (χ0v) is 16.0. The summed E-state index contributed by atoms with van der Waals surface area (Å²) in [6, 6.07) is 6.05. The quantitative estimate of drug-likeness (QED) is 0.607. The normalized spacial score (nSPS) is 17.2. The summed E-state index contributed by atoms with van der Waals surface area (Å²) in [6.07, 6.45) is 3.92. The van der Waals surface area contributed by atoms with Gasteiger partial charge >= 0.3 is 0 Å². The number of amides is 1. The van der Waals surface area contributed by atoms with E-state index >= 15 is 0 Å². The monoisotopic (exact) mass is 394 g/mol. The van der Waals surface area contributed by atoms with Gasteiger partial charge in [0.1, 0.15) is 23.0 Å². The number of carbonyl (C=O) groups is 1. The Balaban J connectivity index is 1.57. The Morgan fingerprint density at radius 1 is 1.42 bits per heavy atom. The number of carbonyl (C=O) groups excluding carboxylic acids is 1. The van der Waals surface area contributed by atoms with E-state index in [9.17, 15) is 9.18 Å². The largest absolute Gasteiger partial charge is 0.356 e.